The van der Waals surface area contributed by atoms with Gasteiger partial charge in [-0.25, -0.2) is 0 Å². The Morgan fingerprint density at radius 2 is 1.65 bits per heavy atom. The monoisotopic (exact) mass is 469 g/mol. The van der Waals surface area contributed by atoms with E-state index in [9.17, 15) is 5.26 Å². The highest BCUT2D eigenvalue weighted by Gasteiger charge is 2.18. The van der Waals surface area contributed by atoms with Crippen molar-refractivity contribution in [3.8, 4) is 23.1 Å². The third kappa shape index (κ3) is 3.64. The van der Waals surface area contributed by atoms with Crippen LogP contribution in [0.15, 0.2) is 66.9 Å². The number of hydrogen-bond acceptors (Lipinski definition) is 3. The first-order valence-electron chi connectivity index (χ1n) is 10.3. The lowest BCUT2D eigenvalue weighted by Gasteiger charge is -2.15. The Labute approximate surface area is 188 Å². The molecular formula is C26H20BrN3O. The zero-order valence-corrected chi connectivity index (χ0v) is 18.4. The van der Waals surface area contributed by atoms with Gasteiger partial charge >= 0.3 is 0 Å². The third-order valence-electron chi connectivity index (χ3n) is 5.59. The minimum absolute atomic E-state index is 0.599. The number of H-pyrrole nitrogens is 1. The Balaban J connectivity index is 1.76. The molecule has 1 N–H and O–H groups in total. The summed E-state index contributed by atoms with van der Waals surface area (Å²) in [4.78, 5) is 0. The van der Waals surface area contributed by atoms with Crippen molar-refractivity contribution >= 4 is 48.2 Å². The number of aromatic amines is 1. The molecule has 4 aromatic carbocycles. The molecule has 0 spiro atoms. The summed E-state index contributed by atoms with van der Waals surface area (Å²) in [5.41, 5.74) is 2.16. The Morgan fingerprint density at radius 1 is 0.903 bits per heavy atom. The second-order valence-electron chi connectivity index (χ2n) is 7.57. The van der Waals surface area contributed by atoms with Crippen LogP contribution in [0.1, 0.15) is 18.4 Å². The van der Waals surface area contributed by atoms with Crippen LogP contribution in [-0.4, -0.2) is 22.1 Å². The molecule has 0 radical (unpaired) electrons. The Bertz CT molecular complexity index is 1430. The number of unbranched alkanes of at least 4 members (excludes halogenated alkanes) is 1. The average Bonchev–Trinajstić information content (AvgIpc) is 3.32. The summed E-state index contributed by atoms with van der Waals surface area (Å²) in [5, 5.41) is 24.8. The maximum absolute atomic E-state index is 10.1. The van der Waals surface area contributed by atoms with E-state index in [2.05, 4.69) is 80.7 Å². The quantitative estimate of drug-likeness (QED) is 0.166. The Kier molecular flexibility index (Phi) is 5.31. The minimum atomic E-state index is 0.599. The van der Waals surface area contributed by atoms with Gasteiger partial charge in [0.25, 0.3) is 0 Å². The second-order valence-corrected chi connectivity index (χ2v) is 8.36. The van der Waals surface area contributed by atoms with Crippen LogP contribution in [0.2, 0.25) is 0 Å². The van der Waals surface area contributed by atoms with Gasteiger partial charge in [-0.1, -0.05) is 40.2 Å². The highest BCUT2D eigenvalue weighted by atomic mass is 79.9. The zero-order chi connectivity index (χ0) is 21.2. The number of fused-ring (bicyclic) bond motifs is 3. The molecule has 4 nitrogen and oxygen atoms in total. The van der Waals surface area contributed by atoms with E-state index in [1.165, 1.54) is 10.8 Å². The minimum Gasteiger partial charge on any atom is -0.493 e. The van der Waals surface area contributed by atoms with Gasteiger partial charge in [0.05, 0.1) is 23.4 Å². The van der Waals surface area contributed by atoms with Crippen LogP contribution in [0.25, 0.3) is 43.6 Å². The SMILES string of the molecule is N#Cc1c(-c2ccn[nH]2)c(OCCCCBr)cc2cc3cc4ccccc4cc3cc12. The first-order chi connectivity index (χ1) is 15.3. The predicted octanol–water partition coefficient (Wildman–Crippen LogP) is 6.96. The van der Waals surface area contributed by atoms with Gasteiger partial charge in [0.2, 0.25) is 0 Å². The van der Waals surface area contributed by atoms with Gasteiger partial charge in [-0.3, -0.25) is 5.10 Å². The highest BCUT2D eigenvalue weighted by Crippen LogP contribution is 2.39. The Hall–Kier alpha value is -3.36. The van der Waals surface area contributed by atoms with Crippen molar-refractivity contribution in [3.63, 3.8) is 0 Å². The van der Waals surface area contributed by atoms with Crippen molar-refractivity contribution in [1.82, 2.24) is 10.2 Å². The van der Waals surface area contributed by atoms with Gasteiger partial charge < -0.3 is 4.74 Å². The fourth-order valence-electron chi connectivity index (χ4n) is 4.09. The van der Waals surface area contributed by atoms with Crippen molar-refractivity contribution in [2.24, 2.45) is 0 Å². The van der Waals surface area contributed by atoms with Gasteiger partial charge in [0, 0.05) is 16.9 Å². The van der Waals surface area contributed by atoms with Crippen LogP contribution < -0.4 is 4.74 Å². The largest absolute Gasteiger partial charge is 0.493 e. The number of rotatable bonds is 6. The van der Waals surface area contributed by atoms with Crippen molar-refractivity contribution in [2.45, 2.75) is 12.8 Å². The van der Waals surface area contributed by atoms with Crippen LogP contribution >= 0.6 is 15.9 Å². The summed E-state index contributed by atoms with van der Waals surface area (Å²) in [7, 11) is 0. The zero-order valence-electron chi connectivity index (χ0n) is 16.9. The number of aromatic nitrogens is 2. The molecule has 5 rings (SSSR count). The molecule has 0 saturated heterocycles. The van der Waals surface area contributed by atoms with E-state index in [0.29, 0.717) is 17.9 Å². The second kappa shape index (κ2) is 8.41. The lowest BCUT2D eigenvalue weighted by atomic mass is 9.93. The summed E-state index contributed by atoms with van der Waals surface area (Å²) in [6, 6.07) is 23.4. The lowest BCUT2D eigenvalue weighted by molar-refractivity contribution is 0.311. The first kappa shape index (κ1) is 19.6. The number of benzene rings is 4. The van der Waals surface area contributed by atoms with Gasteiger partial charge in [0.1, 0.15) is 11.8 Å². The summed E-state index contributed by atoms with van der Waals surface area (Å²) < 4.78 is 6.18. The molecule has 0 aliphatic heterocycles. The number of nitrogens with zero attached hydrogens (tertiary/aromatic N) is 2. The van der Waals surface area contributed by atoms with Gasteiger partial charge in [0.15, 0.2) is 0 Å². The topological polar surface area (TPSA) is 61.7 Å². The molecule has 0 bridgehead atoms. The van der Waals surface area contributed by atoms with Crippen LogP contribution in [0.3, 0.4) is 0 Å². The van der Waals surface area contributed by atoms with Crippen LogP contribution in [0.5, 0.6) is 5.75 Å². The number of nitrogens with one attached hydrogen (secondary N) is 1. The van der Waals surface area contributed by atoms with Crippen molar-refractivity contribution in [2.75, 3.05) is 11.9 Å². The molecule has 0 aliphatic rings. The molecule has 1 aromatic heterocycles. The third-order valence-corrected chi connectivity index (χ3v) is 6.15. The standard InChI is InChI=1S/C26H20BrN3O/c27-8-3-4-10-31-25-15-21-13-19-11-17-5-1-2-6-18(17)12-20(19)14-22(21)23(16-28)26(25)24-7-9-29-30-24/h1-2,5-7,9,11-15H,3-4,8,10H2,(H,29,30). The van der Waals surface area contributed by atoms with Crippen molar-refractivity contribution < 1.29 is 4.74 Å². The van der Waals surface area contributed by atoms with Gasteiger partial charge in [-0.2, -0.15) is 10.4 Å². The fraction of sp³-hybridized carbons (Fsp3) is 0.154. The van der Waals surface area contributed by atoms with E-state index in [1.54, 1.807) is 6.20 Å². The predicted molar refractivity (Wildman–Crippen MR) is 130 cm³/mol. The number of ether oxygens (including phenoxy) is 1. The van der Waals surface area contributed by atoms with E-state index in [4.69, 9.17) is 4.74 Å². The fourth-order valence-corrected chi connectivity index (χ4v) is 4.48. The van der Waals surface area contributed by atoms with Crippen LogP contribution in [-0.2, 0) is 0 Å². The average molecular weight is 470 g/mol. The van der Waals surface area contributed by atoms with Gasteiger partial charge in [-0.15, -0.1) is 0 Å². The number of hydrogen-bond donors (Lipinski definition) is 1. The van der Waals surface area contributed by atoms with Crippen LogP contribution in [0, 0.1) is 11.3 Å². The normalized spacial score (nSPS) is 11.2. The maximum Gasteiger partial charge on any atom is 0.130 e. The smallest absolute Gasteiger partial charge is 0.130 e. The maximum atomic E-state index is 10.1. The molecule has 0 aliphatic carbocycles. The van der Waals surface area contributed by atoms with E-state index < -0.39 is 0 Å². The molecule has 5 aromatic rings. The van der Waals surface area contributed by atoms with Gasteiger partial charge in [-0.05, 0) is 76.2 Å². The van der Waals surface area contributed by atoms with Crippen molar-refractivity contribution in [3.05, 3.63) is 72.4 Å². The number of alkyl halides is 1. The molecule has 0 saturated carbocycles. The summed E-state index contributed by atoms with van der Waals surface area (Å²) in [6.07, 6.45) is 3.68. The Morgan fingerprint density at radius 3 is 2.32 bits per heavy atom. The van der Waals surface area contributed by atoms with E-state index in [0.717, 1.165) is 51.0 Å². The molecule has 0 amide bonds. The van der Waals surface area contributed by atoms with Crippen molar-refractivity contribution in [1.29, 1.82) is 5.26 Å². The molecule has 1 heterocycles. The number of halogens is 1. The molecule has 152 valence electrons. The molecular weight excluding hydrogens is 450 g/mol. The lowest BCUT2D eigenvalue weighted by Crippen LogP contribution is -2.01. The first-order valence-corrected chi connectivity index (χ1v) is 11.4. The molecule has 0 fully saturated rings. The summed E-state index contributed by atoms with van der Waals surface area (Å²) in [6.45, 7) is 0.599. The summed E-state index contributed by atoms with van der Waals surface area (Å²) in [5.74, 6) is 0.711. The van der Waals surface area contributed by atoms with E-state index >= 15 is 0 Å². The number of nitriles is 1. The molecule has 0 atom stereocenters. The van der Waals surface area contributed by atoms with Crippen LogP contribution in [0.4, 0.5) is 0 Å². The molecule has 31 heavy (non-hydrogen) atoms. The van der Waals surface area contributed by atoms with E-state index in [1.807, 2.05) is 12.1 Å². The molecule has 0 unspecified atom stereocenters. The molecule has 5 heteroatoms. The summed E-state index contributed by atoms with van der Waals surface area (Å²) >= 11 is 3.47. The highest BCUT2D eigenvalue weighted by molar-refractivity contribution is 9.09. The van der Waals surface area contributed by atoms with E-state index in [-0.39, 0.29) is 0 Å².